The van der Waals surface area contributed by atoms with Crippen molar-refractivity contribution >= 4 is 34.6 Å². The molecule has 0 amide bonds. The second-order valence-electron chi connectivity index (χ2n) is 10.4. The number of ether oxygens (including phenoxy) is 2. The number of nitrogens with zero attached hydrogens (tertiary/aromatic N) is 5. The summed E-state index contributed by atoms with van der Waals surface area (Å²) in [6.07, 6.45) is 0. The number of aromatic nitrogens is 2. The first-order chi connectivity index (χ1) is 20.5. The molecule has 2 aliphatic heterocycles. The molecule has 1 atom stereocenters. The lowest BCUT2D eigenvalue weighted by Gasteiger charge is -2.40. The van der Waals surface area contributed by atoms with Crippen LogP contribution >= 0.6 is 0 Å². The standard InChI is InChI=1S/C34H30N6O2/c1-21-12-16-25(17-13-21)40-33-30(22(2)38-40)31(23-8-7-9-27(20-23)42-4)39-29-11-6-5-10-28(29)36-32(34(39)37-33)35-24-14-18-26(41-3)19-15-24/h5-20,31H,1-4H3,(H,35,36)/t31-/m0/s1. The van der Waals surface area contributed by atoms with Gasteiger partial charge in [-0.3, -0.25) is 0 Å². The molecular formula is C34H30N6O2. The van der Waals surface area contributed by atoms with E-state index in [2.05, 4.69) is 66.5 Å². The van der Waals surface area contributed by atoms with Crippen LogP contribution in [0, 0.1) is 13.8 Å². The number of hydrogen-bond donors (Lipinski definition) is 1. The lowest BCUT2D eigenvalue weighted by molar-refractivity contribution is 0.414. The molecule has 0 saturated heterocycles. The van der Waals surface area contributed by atoms with Crippen LogP contribution in [0.3, 0.4) is 0 Å². The van der Waals surface area contributed by atoms with Crippen molar-refractivity contribution in [3.05, 3.63) is 119 Å². The highest BCUT2D eigenvalue weighted by molar-refractivity contribution is 6.51. The molecule has 5 aromatic rings. The number of methoxy groups -OCH3 is 2. The van der Waals surface area contributed by atoms with Crippen molar-refractivity contribution in [2.75, 3.05) is 24.4 Å². The predicted octanol–water partition coefficient (Wildman–Crippen LogP) is 7.30. The van der Waals surface area contributed by atoms with E-state index in [0.29, 0.717) is 11.7 Å². The molecular weight excluding hydrogens is 524 g/mol. The third-order valence-electron chi connectivity index (χ3n) is 7.68. The Kier molecular flexibility index (Phi) is 6.23. The number of para-hydroxylation sites is 2. The van der Waals surface area contributed by atoms with Crippen LogP contribution in [0.15, 0.2) is 107 Å². The summed E-state index contributed by atoms with van der Waals surface area (Å²) in [6.45, 7) is 4.13. The maximum absolute atomic E-state index is 5.66. The Morgan fingerprint density at radius 1 is 0.762 bits per heavy atom. The number of nitrogens with one attached hydrogen (secondary N) is 1. The van der Waals surface area contributed by atoms with Gasteiger partial charge in [0, 0.05) is 11.3 Å². The quantitative estimate of drug-likeness (QED) is 0.247. The van der Waals surface area contributed by atoms with Crippen molar-refractivity contribution in [3.63, 3.8) is 0 Å². The Morgan fingerprint density at radius 2 is 1.52 bits per heavy atom. The van der Waals surface area contributed by atoms with E-state index in [1.54, 1.807) is 14.2 Å². The van der Waals surface area contributed by atoms with Crippen molar-refractivity contribution in [2.45, 2.75) is 19.9 Å². The summed E-state index contributed by atoms with van der Waals surface area (Å²) in [5.74, 6) is 3.70. The van der Waals surface area contributed by atoms with Crippen molar-refractivity contribution in [2.24, 2.45) is 9.98 Å². The molecule has 0 saturated carbocycles. The topological polar surface area (TPSA) is 76.3 Å². The number of aliphatic imine (C=N–C) groups is 2. The highest BCUT2D eigenvalue weighted by Crippen LogP contribution is 2.48. The Hall–Kier alpha value is -5.37. The lowest BCUT2D eigenvalue weighted by Crippen LogP contribution is -2.46. The molecule has 2 aliphatic rings. The number of amidine groups is 2. The summed E-state index contributed by atoms with van der Waals surface area (Å²) in [4.78, 5) is 12.6. The smallest absolute Gasteiger partial charge is 0.179 e. The molecule has 3 heterocycles. The number of anilines is 2. The number of rotatable bonds is 5. The van der Waals surface area contributed by atoms with E-state index >= 15 is 0 Å². The molecule has 0 aliphatic carbocycles. The second kappa shape index (κ2) is 10.2. The Bertz CT molecular complexity index is 1850. The second-order valence-corrected chi connectivity index (χ2v) is 10.4. The van der Waals surface area contributed by atoms with Gasteiger partial charge in [-0.05, 0) is 80.1 Å². The number of fused-ring (bicyclic) bond motifs is 4. The zero-order valence-electron chi connectivity index (χ0n) is 23.9. The fourth-order valence-electron chi connectivity index (χ4n) is 5.60. The molecule has 1 aromatic heterocycles. The normalized spacial score (nSPS) is 15.1. The molecule has 8 heteroatoms. The van der Waals surface area contributed by atoms with E-state index in [1.807, 2.05) is 59.3 Å². The minimum Gasteiger partial charge on any atom is -0.497 e. The molecule has 0 unspecified atom stereocenters. The Morgan fingerprint density at radius 3 is 2.29 bits per heavy atom. The molecule has 0 spiro atoms. The summed E-state index contributed by atoms with van der Waals surface area (Å²) >= 11 is 0. The molecule has 0 fully saturated rings. The van der Waals surface area contributed by atoms with Gasteiger partial charge < -0.3 is 19.7 Å². The summed E-state index contributed by atoms with van der Waals surface area (Å²) in [5, 5.41) is 8.57. The van der Waals surface area contributed by atoms with Gasteiger partial charge in [0.2, 0.25) is 0 Å². The Labute approximate surface area is 244 Å². The highest BCUT2D eigenvalue weighted by atomic mass is 16.5. The molecule has 0 radical (unpaired) electrons. The molecule has 8 nitrogen and oxygen atoms in total. The van der Waals surface area contributed by atoms with E-state index < -0.39 is 0 Å². The van der Waals surface area contributed by atoms with Gasteiger partial charge in [0.1, 0.15) is 11.5 Å². The third kappa shape index (κ3) is 4.28. The molecule has 42 heavy (non-hydrogen) atoms. The lowest BCUT2D eigenvalue weighted by atomic mass is 9.93. The van der Waals surface area contributed by atoms with Gasteiger partial charge in [0.25, 0.3) is 0 Å². The third-order valence-corrected chi connectivity index (χ3v) is 7.68. The maximum Gasteiger partial charge on any atom is 0.179 e. The predicted molar refractivity (Wildman–Crippen MR) is 168 cm³/mol. The summed E-state index contributed by atoms with van der Waals surface area (Å²) in [5.41, 5.74) is 7.84. The fraction of sp³-hybridized carbons (Fsp3) is 0.147. The minimum atomic E-state index is -0.230. The fourth-order valence-corrected chi connectivity index (χ4v) is 5.60. The summed E-state index contributed by atoms with van der Waals surface area (Å²) in [6, 6.07) is 32.3. The van der Waals surface area contributed by atoms with Gasteiger partial charge >= 0.3 is 0 Å². The largest absolute Gasteiger partial charge is 0.497 e. The van der Waals surface area contributed by atoms with E-state index in [0.717, 1.165) is 56.9 Å². The van der Waals surface area contributed by atoms with Crippen LogP contribution in [0.4, 0.5) is 22.9 Å². The van der Waals surface area contributed by atoms with Crippen molar-refractivity contribution in [3.8, 4) is 17.2 Å². The SMILES string of the molecule is COc1ccc(NC2=Nc3ccccc3N3C2=Nc2c(c(C)nn2-c2ccc(C)cc2)[C@@H]3c2cccc(OC)c2)cc1. The maximum atomic E-state index is 5.66. The van der Waals surface area contributed by atoms with Crippen LogP contribution in [0.1, 0.15) is 28.4 Å². The van der Waals surface area contributed by atoms with Gasteiger partial charge in [-0.25, -0.2) is 14.7 Å². The van der Waals surface area contributed by atoms with E-state index in [-0.39, 0.29) is 6.04 Å². The van der Waals surface area contributed by atoms with Crippen LogP contribution in [0.5, 0.6) is 11.5 Å². The van der Waals surface area contributed by atoms with Crippen molar-refractivity contribution in [1.29, 1.82) is 0 Å². The van der Waals surface area contributed by atoms with Gasteiger partial charge in [0.15, 0.2) is 17.5 Å². The minimum absolute atomic E-state index is 0.230. The van der Waals surface area contributed by atoms with Crippen LogP contribution in [0.2, 0.25) is 0 Å². The first-order valence-corrected chi connectivity index (χ1v) is 13.8. The molecule has 7 rings (SSSR count). The highest BCUT2D eigenvalue weighted by Gasteiger charge is 2.41. The van der Waals surface area contributed by atoms with Gasteiger partial charge in [-0.15, -0.1) is 0 Å². The van der Waals surface area contributed by atoms with Crippen LogP contribution in [-0.2, 0) is 0 Å². The molecule has 1 N–H and O–H groups in total. The number of aryl methyl sites for hydroxylation is 2. The van der Waals surface area contributed by atoms with E-state index in [1.165, 1.54) is 5.56 Å². The zero-order chi connectivity index (χ0) is 28.8. The summed E-state index contributed by atoms with van der Waals surface area (Å²) in [7, 11) is 3.35. The van der Waals surface area contributed by atoms with E-state index in [9.17, 15) is 0 Å². The van der Waals surface area contributed by atoms with Crippen LogP contribution in [-0.4, -0.2) is 35.7 Å². The molecule has 4 aromatic carbocycles. The van der Waals surface area contributed by atoms with Crippen LogP contribution in [0.25, 0.3) is 5.69 Å². The molecule has 0 bridgehead atoms. The first kappa shape index (κ1) is 25.6. The van der Waals surface area contributed by atoms with Crippen LogP contribution < -0.4 is 19.7 Å². The van der Waals surface area contributed by atoms with Crippen molar-refractivity contribution < 1.29 is 9.47 Å². The average molecular weight is 555 g/mol. The zero-order valence-corrected chi connectivity index (χ0v) is 23.9. The number of hydrogen-bond acceptors (Lipinski definition) is 7. The Balaban J connectivity index is 1.47. The van der Waals surface area contributed by atoms with E-state index in [4.69, 9.17) is 24.6 Å². The van der Waals surface area contributed by atoms with Crippen molar-refractivity contribution in [1.82, 2.24) is 9.78 Å². The first-order valence-electron chi connectivity index (χ1n) is 13.8. The van der Waals surface area contributed by atoms with Gasteiger partial charge in [-0.1, -0.05) is 42.0 Å². The van der Waals surface area contributed by atoms with Gasteiger partial charge in [-0.2, -0.15) is 5.10 Å². The number of benzene rings is 4. The van der Waals surface area contributed by atoms with Gasteiger partial charge in [0.05, 0.1) is 43.0 Å². The summed E-state index contributed by atoms with van der Waals surface area (Å²) < 4.78 is 13.0. The monoisotopic (exact) mass is 554 g/mol. The molecule has 208 valence electrons. The average Bonchev–Trinajstić information content (AvgIpc) is 3.36.